The fourth-order valence-corrected chi connectivity index (χ4v) is 7.38. The Morgan fingerprint density at radius 3 is 1.50 bits per heavy atom. The van der Waals surface area contributed by atoms with Gasteiger partial charge >= 0.3 is 0 Å². The second-order valence-electron chi connectivity index (χ2n) is 12.6. The molecule has 0 amide bonds. The maximum absolute atomic E-state index is 2.42. The fraction of sp³-hybridized carbons (Fsp3) is 0.0213. The molecular weight excluding hydrogens is 579 g/mol. The number of aryl methyl sites for hydroxylation is 1. The van der Waals surface area contributed by atoms with Crippen molar-refractivity contribution in [2.24, 2.45) is 0 Å². The summed E-state index contributed by atoms with van der Waals surface area (Å²) in [6.07, 6.45) is 0. The largest absolute Gasteiger partial charge is 0.309 e. The predicted molar refractivity (Wildman–Crippen MR) is 205 cm³/mol. The second-order valence-corrected chi connectivity index (χ2v) is 12.6. The highest BCUT2D eigenvalue weighted by Crippen LogP contribution is 2.45. The Hall–Kier alpha value is -6.18. The highest BCUT2D eigenvalue weighted by atomic mass is 15.0. The number of benzene rings is 8. The van der Waals surface area contributed by atoms with Gasteiger partial charge in [-0.3, -0.25) is 0 Å². The first-order chi connectivity index (χ1) is 23.7. The summed E-state index contributed by atoms with van der Waals surface area (Å²) in [6, 6.07) is 66.5. The van der Waals surface area contributed by atoms with Crippen LogP contribution in [0.1, 0.15) is 5.56 Å². The molecule has 0 unspecified atom stereocenters. The number of fused-ring (bicyclic) bond motifs is 3. The zero-order valence-electron chi connectivity index (χ0n) is 26.8. The molecule has 0 N–H and O–H groups in total. The quantitative estimate of drug-likeness (QED) is 0.171. The van der Waals surface area contributed by atoms with Crippen LogP contribution in [0, 0.1) is 6.92 Å². The number of rotatable bonds is 5. The van der Waals surface area contributed by atoms with Gasteiger partial charge in [-0.25, -0.2) is 0 Å². The molecule has 0 aliphatic heterocycles. The minimum absolute atomic E-state index is 1.14. The summed E-state index contributed by atoms with van der Waals surface area (Å²) in [7, 11) is 0. The Morgan fingerprint density at radius 2 is 0.854 bits per heavy atom. The first kappa shape index (κ1) is 28.1. The number of aromatic nitrogens is 1. The van der Waals surface area contributed by atoms with Crippen LogP contribution in [0.25, 0.3) is 82.8 Å². The van der Waals surface area contributed by atoms with E-state index >= 15 is 0 Å². The fourth-order valence-electron chi connectivity index (χ4n) is 7.38. The van der Waals surface area contributed by atoms with Crippen LogP contribution in [0.5, 0.6) is 0 Å². The summed E-state index contributed by atoms with van der Waals surface area (Å²) < 4.78 is 2.42. The SMILES string of the molecule is Cc1ccc(-c2c3ccccc3c(-c3ccc4ccccc4c3)c3ccc(-n4c(-c5ccccc5)ccc4-c4ccccc4)cc23)cc1. The Kier molecular flexibility index (Phi) is 6.76. The van der Waals surface area contributed by atoms with Crippen LogP contribution in [0.3, 0.4) is 0 Å². The molecule has 226 valence electrons. The maximum atomic E-state index is 2.42. The molecule has 1 heteroatoms. The smallest absolute Gasteiger partial charge is 0.0535 e. The van der Waals surface area contributed by atoms with Crippen LogP contribution in [-0.4, -0.2) is 4.57 Å². The molecule has 0 bridgehead atoms. The van der Waals surface area contributed by atoms with Gasteiger partial charge in [-0.2, -0.15) is 0 Å². The Labute approximate surface area is 281 Å². The van der Waals surface area contributed by atoms with E-state index in [1.807, 2.05) is 0 Å². The van der Waals surface area contributed by atoms with Crippen LogP contribution in [0.4, 0.5) is 0 Å². The lowest BCUT2D eigenvalue weighted by atomic mass is 9.85. The van der Waals surface area contributed by atoms with Crippen LogP contribution in [0.15, 0.2) is 182 Å². The first-order valence-electron chi connectivity index (χ1n) is 16.6. The van der Waals surface area contributed by atoms with Gasteiger partial charge in [-0.05, 0) is 103 Å². The van der Waals surface area contributed by atoms with Crippen molar-refractivity contribution >= 4 is 32.3 Å². The highest BCUT2D eigenvalue weighted by Gasteiger charge is 2.20. The Bertz CT molecular complexity index is 2530. The van der Waals surface area contributed by atoms with Crippen molar-refractivity contribution < 1.29 is 0 Å². The van der Waals surface area contributed by atoms with Crippen molar-refractivity contribution in [1.29, 1.82) is 0 Å². The van der Waals surface area contributed by atoms with Crippen LogP contribution in [-0.2, 0) is 0 Å². The molecule has 1 aromatic heterocycles. The van der Waals surface area contributed by atoms with Gasteiger partial charge in [0.2, 0.25) is 0 Å². The van der Waals surface area contributed by atoms with Crippen molar-refractivity contribution in [3.05, 3.63) is 188 Å². The second kappa shape index (κ2) is 11.6. The molecule has 9 aromatic rings. The third-order valence-corrected chi connectivity index (χ3v) is 9.66. The molecule has 0 fully saturated rings. The molecule has 8 aromatic carbocycles. The zero-order chi connectivity index (χ0) is 32.0. The van der Waals surface area contributed by atoms with E-state index < -0.39 is 0 Å². The van der Waals surface area contributed by atoms with Gasteiger partial charge in [0.15, 0.2) is 0 Å². The van der Waals surface area contributed by atoms with Gasteiger partial charge in [-0.1, -0.05) is 157 Å². The molecule has 48 heavy (non-hydrogen) atoms. The molecule has 0 aliphatic carbocycles. The summed E-state index contributed by atoms with van der Waals surface area (Å²) in [5.74, 6) is 0. The molecule has 0 radical (unpaired) electrons. The van der Waals surface area contributed by atoms with E-state index in [-0.39, 0.29) is 0 Å². The summed E-state index contributed by atoms with van der Waals surface area (Å²) in [5, 5.41) is 7.51. The van der Waals surface area contributed by atoms with Crippen LogP contribution >= 0.6 is 0 Å². The maximum Gasteiger partial charge on any atom is 0.0535 e. The zero-order valence-corrected chi connectivity index (χ0v) is 26.8. The first-order valence-corrected chi connectivity index (χ1v) is 16.6. The summed E-state index contributed by atoms with van der Waals surface area (Å²) in [5.41, 5.74) is 12.1. The van der Waals surface area contributed by atoms with E-state index in [1.54, 1.807) is 0 Å². The number of hydrogen-bond acceptors (Lipinski definition) is 0. The average Bonchev–Trinajstić information content (AvgIpc) is 3.60. The molecule has 0 saturated heterocycles. The van der Waals surface area contributed by atoms with Gasteiger partial charge < -0.3 is 4.57 Å². The number of hydrogen-bond donors (Lipinski definition) is 0. The normalized spacial score (nSPS) is 11.4. The van der Waals surface area contributed by atoms with Gasteiger partial charge in [0.25, 0.3) is 0 Å². The summed E-state index contributed by atoms with van der Waals surface area (Å²) in [6.45, 7) is 2.16. The third kappa shape index (κ3) is 4.71. The minimum atomic E-state index is 1.14. The van der Waals surface area contributed by atoms with Crippen LogP contribution in [0.2, 0.25) is 0 Å². The average molecular weight is 612 g/mol. The molecule has 0 spiro atoms. The lowest BCUT2D eigenvalue weighted by Gasteiger charge is -2.20. The van der Waals surface area contributed by atoms with Gasteiger partial charge in [0.1, 0.15) is 0 Å². The van der Waals surface area contributed by atoms with E-state index in [1.165, 1.54) is 82.6 Å². The van der Waals surface area contributed by atoms with E-state index in [9.17, 15) is 0 Å². The van der Waals surface area contributed by atoms with Crippen LogP contribution < -0.4 is 0 Å². The van der Waals surface area contributed by atoms with E-state index in [2.05, 4.69) is 193 Å². The predicted octanol–water partition coefficient (Wildman–Crippen LogP) is 12.9. The van der Waals surface area contributed by atoms with Crippen molar-refractivity contribution in [2.45, 2.75) is 6.92 Å². The van der Waals surface area contributed by atoms with E-state index in [0.29, 0.717) is 0 Å². The van der Waals surface area contributed by atoms with Crippen molar-refractivity contribution in [3.8, 4) is 50.5 Å². The molecule has 0 aliphatic rings. The summed E-state index contributed by atoms with van der Waals surface area (Å²) >= 11 is 0. The Balaban J connectivity index is 1.40. The Morgan fingerprint density at radius 1 is 0.333 bits per heavy atom. The summed E-state index contributed by atoms with van der Waals surface area (Å²) in [4.78, 5) is 0. The molecule has 0 atom stereocenters. The lowest BCUT2D eigenvalue weighted by molar-refractivity contribution is 1.10. The molecular formula is C47H33N. The van der Waals surface area contributed by atoms with Crippen molar-refractivity contribution in [1.82, 2.24) is 4.57 Å². The molecule has 1 heterocycles. The molecule has 9 rings (SSSR count). The lowest BCUT2D eigenvalue weighted by Crippen LogP contribution is -2.00. The molecule has 1 nitrogen and oxygen atoms in total. The van der Waals surface area contributed by atoms with Crippen molar-refractivity contribution in [3.63, 3.8) is 0 Å². The minimum Gasteiger partial charge on any atom is -0.309 e. The van der Waals surface area contributed by atoms with E-state index in [4.69, 9.17) is 0 Å². The standard InChI is InChI=1S/C47H33N/c1-32-20-22-36(23-21-32)46-40-18-10-11-19-41(40)47(38-25-24-33-12-8-9-17-37(33)30-38)42-27-26-39(31-43(42)46)48-44(34-13-4-2-5-14-34)28-29-45(48)35-15-6-3-7-16-35/h2-31H,1H3. The van der Waals surface area contributed by atoms with Crippen molar-refractivity contribution in [2.75, 3.05) is 0 Å². The van der Waals surface area contributed by atoms with Gasteiger partial charge in [0, 0.05) is 5.69 Å². The van der Waals surface area contributed by atoms with E-state index in [0.717, 1.165) is 5.69 Å². The molecule has 0 saturated carbocycles. The highest BCUT2D eigenvalue weighted by molar-refractivity contribution is 6.22. The van der Waals surface area contributed by atoms with Gasteiger partial charge in [-0.15, -0.1) is 0 Å². The topological polar surface area (TPSA) is 4.93 Å². The third-order valence-electron chi connectivity index (χ3n) is 9.66. The van der Waals surface area contributed by atoms with Gasteiger partial charge in [0.05, 0.1) is 11.4 Å². The monoisotopic (exact) mass is 611 g/mol. The number of nitrogens with zero attached hydrogens (tertiary/aromatic N) is 1.